The molecule has 0 unspecified atom stereocenters. The minimum absolute atomic E-state index is 0.491. The first kappa shape index (κ1) is 17.6. The number of hydrogen-bond acceptors (Lipinski definition) is 3. The monoisotopic (exact) mass is 329 g/mol. The highest BCUT2D eigenvalue weighted by Crippen LogP contribution is 2.26. The Bertz CT molecular complexity index is 643. The summed E-state index contributed by atoms with van der Waals surface area (Å²) in [4.78, 5) is 12.7. The van der Waals surface area contributed by atoms with Gasteiger partial charge >= 0.3 is 5.97 Å². The first-order valence-corrected chi connectivity index (χ1v) is 8.81. The highest BCUT2D eigenvalue weighted by molar-refractivity contribution is 7.99. The van der Waals surface area contributed by atoms with Gasteiger partial charge in [-0.25, -0.2) is 0 Å². The molecule has 2 rings (SSSR count). The van der Waals surface area contributed by atoms with E-state index in [9.17, 15) is 9.90 Å². The van der Waals surface area contributed by atoms with Gasteiger partial charge in [0.15, 0.2) is 0 Å². The number of aryl methyl sites for hydroxylation is 2. The molecule has 0 bridgehead atoms. The average Bonchev–Trinajstić information content (AvgIpc) is 2.56. The Morgan fingerprint density at radius 1 is 1.17 bits per heavy atom. The van der Waals surface area contributed by atoms with Crippen molar-refractivity contribution in [2.45, 2.75) is 37.6 Å². The van der Waals surface area contributed by atoms with Crippen LogP contribution in [0.15, 0.2) is 53.4 Å². The van der Waals surface area contributed by atoms with Gasteiger partial charge in [0.25, 0.3) is 0 Å². The van der Waals surface area contributed by atoms with E-state index in [2.05, 4.69) is 37.4 Å². The van der Waals surface area contributed by atoms with Crippen molar-refractivity contribution in [2.24, 2.45) is 0 Å². The first-order valence-electron chi connectivity index (χ1n) is 7.83. The van der Waals surface area contributed by atoms with E-state index < -0.39 is 12.0 Å². The van der Waals surface area contributed by atoms with Crippen LogP contribution in [-0.4, -0.2) is 23.0 Å². The third-order valence-electron chi connectivity index (χ3n) is 3.80. The molecule has 0 saturated carbocycles. The molecular weight excluding hydrogens is 306 g/mol. The summed E-state index contributed by atoms with van der Waals surface area (Å²) in [5, 5.41) is 12.6. The highest BCUT2D eigenvalue weighted by Gasteiger charge is 2.17. The quantitative estimate of drug-likeness (QED) is 0.570. The molecule has 1 atom stereocenters. The smallest absolute Gasteiger partial charge is 0.321 e. The predicted octanol–water partition coefficient (Wildman–Crippen LogP) is 3.89. The van der Waals surface area contributed by atoms with E-state index in [4.69, 9.17) is 0 Å². The molecule has 0 radical (unpaired) electrons. The highest BCUT2D eigenvalue weighted by atomic mass is 32.2. The maximum atomic E-state index is 11.5. The van der Waals surface area contributed by atoms with Gasteiger partial charge in [0, 0.05) is 10.8 Å². The van der Waals surface area contributed by atoms with Crippen LogP contribution in [0, 0.1) is 6.92 Å². The zero-order valence-electron chi connectivity index (χ0n) is 13.6. The van der Waals surface area contributed by atoms with Crippen molar-refractivity contribution < 1.29 is 9.90 Å². The lowest BCUT2D eigenvalue weighted by Crippen LogP contribution is -2.38. The number of carboxylic acids is 1. The summed E-state index contributed by atoms with van der Waals surface area (Å²) in [6.07, 6.45) is 1.47. The van der Waals surface area contributed by atoms with Gasteiger partial charge in [-0.15, -0.1) is 11.8 Å². The molecule has 3 nitrogen and oxygen atoms in total. The Morgan fingerprint density at radius 2 is 1.91 bits per heavy atom. The minimum Gasteiger partial charge on any atom is -0.480 e. The van der Waals surface area contributed by atoms with Crippen molar-refractivity contribution in [3.8, 4) is 0 Å². The largest absolute Gasteiger partial charge is 0.480 e. The normalized spacial score (nSPS) is 12.1. The molecule has 0 aliphatic heterocycles. The molecule has 2 aromatic rings. The number of carbonyl (C=O) groups is 1. The topological polar surface area (TPSA) is 49.3 Å². The van der Waals surface area contributed by atoms with Gasteiger partial charge in [-0.05, 0) is 36.5 Å². The van der Waals surface area contributed by atoms with Crippen molar-refractivity contribution >= 4 is 17.7 Å². The molecule has 2 N–H and O–H groups in total. The van der Waals surface area contributed by atoms with Gasteiger partial charge in [-0.2, -0.15) is 0 Å². The number of nitrogens with one attached hydrogen (secondary N) is 1. The standard InChI is InChI=1S/C19H23NO2S/c1-3-16-11-7-8-14(2)18(16)23-13-20-17(19(21)22)12-15-9-5-4-6-10-15/h4-11,17,20H,3,12-13H2,1-2H3,(H,21,22)/t17-/m0/s1. The summed E-state index contributed by atoms with van der Waals surface area (Å²) in [5.41, 5.74) is 3.58. The maximum Gasteiger partial charge on any atom is 0.321 e. The summed E-state index contributed by atoms with van der Waals surface area (Å²) in [6.45, 7) is 4.24. The fourth-order valence-electron chi connectivity index (χ4n) is 2.51. The second-order valence-electron chi connectivity index (χ2n) is 5.49. The van der Waals surface area contributed by atoms with Crippen LogP contribution in [0.2, 0.25) is 0 Å². The minimum atomic E-state index is -0.810. The molecule has 0 heterocycles. The van der Waals surface area contributed by atoms with Gasteiger partial charge in [-0.1, -0.05) is 55.5 Å². The van der Waals surface area contributed by atoms with Gasteiger partial charge in [0.05, 0.1) is 0 Å². The second-order valence-corrected chi connectivity index (χ2v) is 6.48. The Kier molecular flexibility index (Phi) is 6.68. The lowest BCUT2D eigenvalue weighted by atomic mass is 10.1. The molecule has 4 heteroatoms. The van der Waals surface area contributed by atoms with Crippen molar-refractivity contribution in [2.75, 3.05) is 5.88 Å². The summed E-state index contributed by atoms with van der Waals surface area (Å²) >= 11 is 1.68. The number of aliphatic carboxylic acids is 1. The number of rotatable bonds is 8. The van der Waals surface area contributed by atoms with E-state index in [1.54, 1.807) is 11.8 Å². The predicted molar refractivity (Wildman–Crippen MR) is 96.0 cm³/mol. The van der Waals surface area contributed by atoms with E-state index in [1.165, 1.54) is 16.0 Å². The van der Waals surface area contributed by atoms with Crippen LogP contribution >= 0.6 is 11.8 Å². The molecule has 0 aliphatic rings. The lowest BCUT2D eigenvalue weighted by Gasteiger charge is -2.16. The van der Waals surface area contributed by atoms with E-state index in [1.807, 2.05) is 30.3 Å². The van der Waals surface area contributed by atoms with Crippen LogP contribution in [0.3, 0.4) is 0 Å². The van der Waals surface area contributed by atoms with Crippen LogP contribution in [0.4, 0.5) is 0 Å². The molecule has 2 aromatic carbocycles. The van der Waals surface area contributed by atoms with E-state index >= 15 is 0 Å². The van der Waals surface area contributed by atoms with Crippen molar-refractivity contribution in [3.05, 3.63) is 65.2 Å². The third kappa shape index (κ3) is 5.12. The number of hydrogen-bond donors (Lipinski definition) is 2. The summed E-state index contributed by atoms with van der Waals surface area (Å²) in [6, 6.07) is 15.5. The summed E-state index contributed by atoms with van der Waals surface area (Å²) in [5.74, 6) is -0.225. The number of carboxylic acid groups (broad SMARTS) is 1. The van der Waals surface area contributed by atoms with Crippen LogP contribution in [0.1, 0.15) is 23.6 Å². The van der Waals surface area contributed by atoms with Crippen LogP contribution in [-0.2, 0) is 17.6 Å². The number of benzene rings is 2. The van der Waals surface area contributed by atoms with Gasteiger partial charge < -0.3 is 5.11 Å². The zero-order chi connectivity index (χ0) is 16.7. The molecular formula is C19H23NO2S. The Labute approximate surface area is 142 Å². The second kappa shape index (κ2) is 8.75. The average molecular weight is 329 g/mol. The maximum absolute atomic E-state index is 11.5. The van der Waals surface area contributed by atoms with Crippen LogP contribution in [0.25, 0.3) is 0 Å². The van der Waals surface area contributed by atoms with E-state index in [-0.39, 0.29) is 0 Å². The van der Waals surface area contributed by atoms with E-state index in [0.717, 1.165) is 12.0 Å². The molecule has 122 valence electrons. The molecule has 0 aliphatic carbocycles. The fraction of sp³-hybridized carbons (Fsp3) is 0.316. The third-order valence-corrected chi connectivity index (χ3v) is 4.99. The molecule has 0 amide bonds. The van der Waals surface area contributed by atoms with Gasteiger partial charge in [0.1, 0.15) is 6.04 Å². The fourth-order valence-corrected chi connectivity index (χ4v) is 3.63. The SMILES string of the molecule is CCc1cccc(C)c1SCN[C@@H](Cc1ccccc1)C(=O)O. The van der Waals surface area contributed by atoms with Crippen molar-refractivity contribution in [1.82, 2.24) is 5.32 Å². The van der Waals surface area contributed by atoms with Crippen LogP contribution < -0.4 is 5.32 Å². The summed E-state index contributed by atoms with van der Waals surface area (Å²) < 4.78 is 0. The Hall–Kier alpha value is -1.78. The molecule has 23 heavy (non-hydrogen) atoms. The zero-order valence-corrected chi connectivity index (χ0v) is 14.4. The molecule has 0 aromatic heterocycles. The molecule has 0 saturated heterocycles. The van der Waals surface area contributed by atoms with Gasteiger partial charge in [-0.3, -0.25) is 10.1 Å². The Morgan fingerprint density at radius 3 is 2.57 bits per heavy atom. The Balaban J connectivity index is 1.96. The number of thioether (sulfide) groups is 1. The summed E-state index contributed by atoms with van der Waals surface area (Å²) in [7, 11) is 0. The van der Waals surface area contributed by atoms with Crippen molar-refractivity contribution in [3.63, 3.8) is 0 Å². The van der Waals surface area contributed by atoms with Crippen molar-refractivity contribution in [1.29, 1.82) is 0 Å². The molecule has 0 spiro atoms. The van der Waals surface area contributed by atoms with E-state index in [0.29, 0.717) is 12.3 Å². The first-order chi connectivity index (χ1) is 11.1. The van der Waals surface area contributed by atoms with Crippen LogP contribution in [0.5, 0.6) is 0 Å². The molecule has 0 fully saturated rings. The lowest BCUT2D eigenvalue weighted by molar-refractivity contribution is -0.139. The van der Waals surface area contributed by atoms with Gasteiger partial charge in [0.2, 0.25) is 0 Å².